The zero-order valence-corrected chi connectivity index (χ0v) is 15.9. The Morgan fingerprint density at radius 2 is 1.83 bits per heavy atom. The summed E-state index contributed by atoms with van der Waals surface area (Å²) >= 11 is 0. The maximum absolute atomic E-state index is 11.5. The van der Waals surface area contributed by atoms with Crippen molar-refractivity contribution in [1.29, 1.82) is 0 Å². The van der Waals surface area contributed by atoms with Gasteiger partial charge >= 0.3 is 0 Å². The summed E-state index contributed by atoms with van der Waals surface area (Å²) in [5.41, 5.74) is 2.50. The number of hydrogen-bond donors (Lipinski definition) is 1. The topological polar surface area (TPSA) is 67.9 Å². The predicted octanol–water partition coefficient (Wildman–Crippen LogP) is 1.74. The SMILES string of the molecule is COc1cc2c(cc1OC)[C@@H]1C[C@H](NS(C)(=O)=O)CCN1CC2.Cl. The van der Waals surface area contributed by atoms with E-state index in [0.717, 1.165) is 43.9 Å². The molecule has 2 atom stereocenters. The molecule has 1 saturated heterocycles. The lowest BCUT2D eigenvalue weighted by Gasteiger charge is -2.43. The Kier molecular flexibility index (Phi) is 6.01. The van der Waals surface area contributed by atoms with Crippen LogP contribution in [0.15, 0.2) is 12.1 Å². The Balaban J connectivity index is 0.00000208. The van der Waals surface area contributed by atoms with E-state index in [4.69, 9.17) is 9.47 Å². The van der Waals surface area contributed by atoms with Crippen molar-refractivity contribution in [2.75, 3.05) is 33.6 Å². The second-order valence-electron chi connectivity index (χ2n) is 6.32. The highest BCUT2D eigenvalue weighted by molar-refractivity contribution is 7.88. The molecule has 24 heavy (non-hydrogen) atoms. The summed E-state index contributed by atoms with van der Waals surface area (Å²) in [5.74, 6) is 1.48. The van der Waals surface area contributed by atoms with Gasteiger partial charge in [-0.25, -0.2) is 13.1 Å². The monoisotopic (exact) mass is 376 g/mol. The third kappa shape index (κ3) is 3.96. The quantitative estimate of drug-likeness (QED) is 0.866. The number of methoxy groups -OCH3 is 2. The van der Waals surface area contributed by atoms with Crippen LogP contribution in [0.25, 0.3) is 0 Å². The average molecular weight is 377 g/mol. The number of ether oxygens (including phenoxy) is 2. The third-order valence-corrected chi connectivity index (χ3v) is 5.53. The Bertz CT molecular complexity index is 696. The normalized spacial score (nSPS) is 23.6. The van der Waals surface area contributed by atoms with E-state index in [1.165, 1.54) is 17.4 Å². The van der Waals surface area contributed by atoms with Crippen molar-refractivity contribution in [2.45, 2.75) is 31.3 Å². The van der Waals surface area contributed by atoms with Crippen LogP contribution in [0.1, 0.15) is 30.0 Å². The Morgan fingerprint density at radius 3 is 2.46 bits per heavy atom. The molecule has 0 amide bonds. The van der Waals surface area contributed by atoms with Crippen LogP contribution in [-0.2, 0) is 16.4 Å². The fourth-order valence-electron chi connectivity index (χ4n) is 3.74. The first kappa shape index (κ1) is 19.3. The number of piperidine rings is 1. The van der Waals surface area contributed by atoms with Gasteiger partial charge in [0.2, 0.25) is 10.0 Å². The van der Waals surface area contributed by atoms with Gasteiger partial charge in [0.15, 0.2) is 11.5 Å². The van der Waals surface area contributed by atoms with Crippen molar-refractivity contribution < 1.29 is 17.9 Å². The molecule has 0 aromatic heterocycles. The molecule has 0 spiro atoms. The standard InChI is InChI=1S/C16H24N2O4S.ClH/c1-21-15-8-11-4-6-18-7-5-12(17-23(3,19)20)9-14(18)13(11)10-16(15)22-2;/h8,10,12,14,17H,4-7,9H2,1-3H3;1H/t12-,14+;/m1./s1. The van der Waals surface area contributed by atoms with Gasteiger partial charge in [0.25, 0.3) is 0 Å². The summed E-state index contributed by atoms with van der Waals surface area (Å²) in [6, 6.07) is 4.32. The van der Waals surface area contributed by atoms with Gasteiger partial charge in [-0.2, -0.15) is 0 Å². The minimum atomic E-state index is -3.18. The minimum absolute atomic E-state index is 0. The van der Waals surface area contributed by atoms with E-state index >= 15 is 0 Å². The first-order valence-electron chi connectivity index (χ1n) is 7.87. The molecule has 0 radical (unpaired) electrons. The van der Waals surface area contributed by atoms with Crippen LogP contribution in [-0.4, -0.2) is 52.9 Å². The first-order valence-corrected chi connectivity index (χ1v) is 9.76. The average Bonchev–Trinajstić information content (AvgIpc) is 2.51. The van der Waals surface area contributed by atoms with Gasteiger partial charge < -0.3 is 9.47 Å². The zero-order valence-electron chi connectivity index (χ0n) is 14.2. The van der Waals surface area contributed by atoms with Gasteiger partial charge in [0, 0.05) is 25.2 Å². The van der Waals surface area contributed by atoms with Crippen molar-refractivity contribution in [3.8, 4) is 11.5 Å². The molecule has 0 bridgehead atoms. The Hall–Kier alpha value is -1.02. The molecule has 136 valence electrons. The lowest BCUT2D eigenvalue weighted by atomic mass is 9.85. The summed E-state index contributed by atoms with van der Waals surface area (Å²) in [5, 5.41) is 0. The van der Waals surface area contributed by atoms with E-state index in [-0.39, 0.29) is 24.5 Å². The number of nitrogens with one attached hydrogen (secondary N) is 1. The molecule has 2 aliphatic heterocycles. The van der Waals surface area contributed by atoms with E-state index < -0.39 is 10.0 Å². The number of benzene rings is 1. The number of sulfonamides is 1. The Morgan fingerprint density at radius 1 is 1.17 bits per heavy atom. The second-order valence-corrected chi connectivity index (χ2v) is 8.10. The van der Waals surface area contributed by atoms with Crippen LogP contribution in [0.5, 0.6) is 11.5 Å². The first-order chi connectivity index (χ1) is 10.9. The van der Waals surface area contributed by atoms with Gasteiger partial charge in [-0.3, -0.25) is 4.90 Å². The molecule has 3 rings (SSSR count). The summed E-state index contributed by atoms with van der Waals surface area (Å²) in [4.78, 5) is 2.44. The minimum Gasteiger partial charge on any atom is -0.493 e. The molecule has 0 aliphatic carbocycles. The van der Waals surface area contributed by atoms with Crippen molar-refractivity contribution in [2.24, 2.45) is 0 Å². The fourth-order valence-corrected chi connectivity index (χ4v) is 4.56. The summed E-state index contributed by atoms with van der Waals surface area (Å²) in [6.45, 7) is 1.91. The molecule has 1 aromatic carbocycles. The third-order valence-electron chi connectivity index (χ3n) is 4.77. The van der Waals surface area contributed by atoms with Crippen LogP contribution in [0, 0.1) is 0 Å². The van der Waals surface area contributed by atoms with E-state index in [1.54, 1.807) is 14.2 Å². The van der Waals surface area contributed by atoms with E-state index in [2.05, 4.69) is 15.7 Å². The summed E-state index contributed by atoms with van der Waals surface area (Å²) in [7, 11) is 0.108. The molecule has 1 N–H and O–H groups in total. The van der Waals surface area contributed by atoms with Crippen molar-refractivity contribution in [3.63, 3.8) is 0 Å². The summed E-state index contributed by atoms with van der Waals surface area (Å²) < 4.78 is 36.6. The second kappa shape index (κ2) is 7.47. The summed E-state index contributed by atoms with van der Waals surface area (Å²) in [6.07, 6.45) is 3.85. The van der Waals surface area contributed by atoms with Gasteiger partial charge in [0.1, 0.15) is 0 Å². The molecule has 6 nitrogen and oxygen atoms in total. The Labute approximate surface area is 150 Å². The number of hydrogen-bond acceptors (Lipinski definition) is 5. The van der Waals surface area contributed by atoms with E-state index in [0.29, 0.717) is 0 Å². The van der Waals surface area contributed by atoms with Crippen LogP contribution in [0.2, 0.25) is 0 Å². The van der Waals surface area contributed by atoms with E-state index in [1.807, 2.05) is 6.07 Å². The van der Waals surface area contributed by atoms with Crippen molar-refractivity contribution >= 4 is 22.4 Å². The van der Waals surface area contributed by atoms with Gasteiger partial charge in [-0.1, -0.05) is 0 Å². The molecular weight excluding hydrogens is 352 g/mol. The molecule has 1 fully saturated rings. The largest absolute Gasteiger partial charge is 0.493 e. The van der Waals surface area contributed by atoms with Crippen LogP contribution in [0.3, 0.4) is 0 Å². The van der Waals surface area contributed by atoms with Gasteiger partial charge in [-0.15, -0.1) is 12.4 Å². The smallest absolute Gasteiger partial charge is 0.208 e. The van der Waals surface area contributed by atoms with Crippen LogP contribution < -0.4 is 14.2 Å². The zero-order chi connectivity index (χ0) is 16.6. The van der Waals surface area contributed by atoms with Crippen molar-refractivity contribution in [3.05, 3.63) is 23.3 Å². The highest BCUT2D eigenvalue weighted by atomic mass is 35.5. The molecule has 2 aliphatic rings. The number of fused-ring (bicyclic) bond motifs is 3. The highest BCUT2D eigenvalue weighted by Gasteiger charge is 2.35. The maximum Gasteiger partial charge on any atom is 0.208 e. The molecule has 0 saturated carbocycles. The number of nitrogens with zero attached hydrogens (tertiary/aromatic N) is 1. The van der Waals surface area contributed by atoms with E-state index in [9.17, 15) is 8.42 Å². The predicted molar refractivity (Wildman–Crippen MR) is 95.8 cm³/mol. The van der Waals surface area contributed by atoms with Crippen molar-refractivity contribution in [1.82, 2.24) is 9.62 Å². The lowest BCUT2D eigenvalue weighted by molar-refractivity contribution is 0.122. The lowest BCUT2D eigenvalue weighted by Crippen LogP contribution is -2.48. The van der Waals surface area contributed by atoms with Gasteiger partial charge in [-0.05, 0) is 42.5 Å². The molecule has 8 heteroatoms. The molecule has 0 unspecified atom stereocenters. The van der Waals surface area contributed by atoms with Crippen LogP contribution >= 0.6 is 12.4 Å². The molecule has 2 heterocycles. The highest BCUT2D eigenvalue weighted by Crippen LogP contribution is 2.41. The fraction of sp³-hybridized carbons (Fsp3) is 0.625. The van der Waals surface area contributed by atoms with Gasteiger partial charge in [0.05, 0.1) is 20.5 Å². The molecular formula is C16H25ClN2O4S. The maximum atomic E-state index is 11.5. The number of rotatable bonds is 4. The number of halogens is 1. The van der Waals surface area contributed by atoms with Crippen LogP contribution in [0.4, 0.5) is 0 Å². The molecule has 1 aromatic rings.